The zero-order valence-corrected chi connectivity index (χ0v) is 13.9. The van der Waals surface area contributed by atoms with Crippen LogP contribution in [0.15, 0.2) is 40.9 Å². The molecule has 24 heavy (non-hydrogen) atoms. The monoisotopic (exact) mass is 401 g/mol. The van der Waals surface area contributed by atoms with Gasteiger partial charge in [-0.1, -0.05) is 12.1 Å². The van der Waals surface area contributed by atoms with Crippen molar-refractivity contribution in [3.05, 3.63) is 52.3 Å². The SMILES string of the molecule is COc1ccc(CN2C(=O)C(F)(F)Oc3cc(F)c(Br)cc32)cc1. The number of benzene rings is 2. The quantitative estimate of drug-likeness (QED) is 0.776. The Hall–Kier alpha value is -2.22. The number of methoxy groups -OCH3 is 1. The van der Waals surface area contributed by atoms with Gasteiger partial charge in [0.2, 0.25) is 0 Å². The van der Waals surface area contributed by atoms with E-state index < -0.39 is 23.6 Å². The minimum absolute atomic E-state index is 0.0441. The fourth-order valence-electron chi connectivity index (χ4n) is 2.33. The number of halogens is 4. The van der Waals surface area contributed by atoms with Crippen molar-refractivity contribution >= 4 is 27.5 Å². The summed E-state index contributed by atoms with van der Waals surface area (Å²) in [6.45, 7) is -0.118. The van der Waals surface area contributed by atoms with Gasteiger partial charge in [0.05, 0.1) is 23.8 Å². The first-order valence-electron chi connectivity index (χ1n) is 6.82. The number of rotatable bonds is 3. The number of hydrogen-bond donors (Lipinski definition) is 0. The zero-order chi connectivity index (χ0) is 17.5. The Balaban J connectivity index is 2.01. The van der Waals surface area contributed by atoms with Crippen molar-refractivity contribution in [2.45, 2.75) is 12.7 Å². The van der Waals surface area contributed by atoms with Gasteiger partial charge in [0.15, 0.2) is 5.75 Å². The van der Waals surface area contributed by atoms with Gasteiger partial charge in [-0.2, -0.15) is 8.78 Å². The van der Waals surface area contributed by atoms with Crippen LogP contribution in [0.25, 0.3) is 0 Å². The van der Waals surface area contributed by atoms with E-state index in [9.17, 15) is 18.0 Å². The van der Waals surface area contributed by atoms with Crippen LogP contribution in [0.4, 0.5) is 18.9 Å². The Morgan fingerprint density at radius 1 is 1.25 bits per heavy atom. The lowest BCUT2D eigenvalue weighted by molar-refractivity contribution is -0.193. The molecule has 126 valence electrons. The summed E-state index contributed by atoms with van der Waals surface area (Å²) >= 11 is 2.98. The van der Waals surface area contributed by atoms with Crippen LogP contribution in [0.5, 0.6) is 11.5 Å². The molecular formula is C16H11BrF3NO3. The first-order chi connectivity index (χ1) is 11.3. The lowest BCUT2D eigenvalue weighted by atomic mass is 10.1. The Labute approximate surface area is 143 Å². The average molecular weight is 402 g/mol. The molecule has 0 N–H and O–H groups in total. The highest BCUT2D eigenvalue weighted by Gasteiger charge is 2.50. The van der Waals surface area contributed by atoms with Crippen molar-refractivity contribution < 1.29 is 27.4 Å². The summed E-state index contributed by atoms with van der Waals surface area (Å²) in [6, 6.07) is 8.66. The molecule has 0 saturated carbocycles. The number of ether oxygens (including phenoxy) is 2. The molecule has 8 heteroatoms. The van der Waals surface area contributed by atoms with Gasteiger partial charge in [0.1, 0.15) is 11.6 Å². The molecule has 1 amide bonds. The first kappa shape index (κ1) is 16.6. The minimum atomic E-state index is -4.06. The fraction of sp³-hybridized carbons (Fsp3) is 0.188. The van der Waals surface area contributed by atoms with Crippen LogP contribution in [-0.2, 0) is 11.3 Å². The number of fused-ring (bicyclic) bond motifs is 1. The van der Waals surface area contributed by atoms with Gasteiger partial charge in [0, 0.05) is 6.07 Å². The summed E-state index contributed by atoms with van der Waals surface area (Å²) in [6.07, 6.45) is -4.06. The number of carbonyl (C=O) groups is 1. The molecule has 4 nitrogen and oxygen atoms in total. The molecule has 1 aliphatic heterocycles. The third-order valence-electron chi connectivity index (χ3n) is 3.52. The van der Waals surface area contributed by atoms with E-state index >= 15 is 0 Å². The maximum absolute atomic E-state index is 13.8. The minimum Gasteiger partial charge on any atom is -0.497 e. The van der Waals surface area contributed by atoms with Crippen LogP contribution in [0.3, 0.4) is 0 Å². The van der Waals surface area contributed by atoms with Crippen LogP contribution in [-0.4, -0.2) is 19.1 Å². The van der Waals surface area contributed by atoms with Gasteiger partial charge >= 0.3 is 12.0 Å². The second-order valence-corrected chi connectivity index (χ2v) is 5.95. The van der Waals surface area contributed by atoms with Crippen LogP contribution < -0.4 is 14.4 Å². The number of amides is 1. The largest absolute Gasteiger partial charge is 0.497 e. The first-order valence-corrected chi connectivity index (χ1v) is 7.62. The van der Waals surface area contributed by atoms with Gasteiger partial charge in [0.25, 0.3) is 0 Å². The number of carbonyl (C=O) groups excluding carboxylic acids is 1. The van der Waals surface area contributed by atoms with Crippen LogP contribution in [0.1, 0.15) is 5.56 Å². The summed E-state index contributed by atoms with van der Waals surface area (Å²) < 4.78 is 50.7. The third kappa shape index (κ3) is 2.93. The predicted octanol–water partition coefficient (Wildman–Crippen LogP) is 4.12. The molecule has 0 unspecified atom stereocenters. The van der Waals surface area contributed by atoms with E-state index in [1.807, 2.05) is 0 Å². The maximum Gasteiger partial charge on any atom is 0.482 e. The van der Waals surface area contributed by atoms with Crippen molar-refractivity contribution in [2.24, 2.45) is 0 Å². The molecule has 0 aliphatic carbocycles. The van der Waals surface area contributed by atoms with Crippen molar-refractivity contribution in [3.63, 3.8) is 0 Å². The highest BCUT2D eigenvalue weighted by atomic mass is 79.9. The van der Waals surface area contributed by atoms with E-state index in [1.54, 1.807) is 24.3 Å². The van der Waals surface area contributed by atoms with Crippen LogP contribution >= 0.6 is 15.9 Å². The molecule has 0 atom stereocenters. The van der Waals surface area contributed by atoms with Crippen molar-refractivity contribution in [3.8, 4) is 11.5 Å². The Morgan fingerprint density at radius 3 is 2.54 bits per heavy atom. The van der Waals surface area contributed by atoms with E-state index in [0.717, 1.165) is 11.0 Å². The van der Waals surface area contributed by atoms with Crippen LogP contribution in [0, 0.1) is 5.82 Å². The normalized spacial score (nSPS) is 15.7. The molecular weight excluding hydrogens is 391 g/mol. The molecule has 0 bridgehead atoms. The van der Waals surface area contributed by atoms with Gasteiger partial charge in [-0.15, -0.1) is 0 Å². The molecule has 1 aliphatic rings. The Kier molecular flexibility index (Phi) is 4.16. The summed E-state index contributed by atoms with van der Waals surface area (Å²) in [5.41, 5.74) is 0.670. The molecule has 0 fully saturated rings. The zero-order valence-electron chi connectivity index (χ0n) is 12.4. The number of hydrogen-bond acceptors (Lipinski definition) is 3. The summed E-state index contributed by atoms with van der Waals surface area (Å²) in [7, 11) is 1.50. The van der Waals surface area contributed by atoms with E-state index in [4.69, 9.17) is 4.74 Å². The third-order valence-corrected chi connectivity index (χ3v) is 4.13. The molecule has 0 spiro atoms. The topological polar surface area (TPSA) is 38.8 Å². The number of alkyl halides is 2. The van der Waals surface area contributed by atoms with Crippen LogP contribution in [0.2, 0.25) is 0 Å². The predicted molar refractivity (Wildman–Crippen MR) is 83.9 cm³/mol. The number of anilines is 1. The second kappa shape index (κ2) is 6.01. The standard InChI is InChI=1S/C16H11BrF3NO3/c1-23-10-4-2-9(3-5-10)8-21-13-6-11(17)12(18)7-14(13)24-16(19,20)15(21)22/h2-7H,8H2,1H3. The average Bonchev–Trinajstić information content (AvgIpc) is 2.54. The molecule has 1 heterocycles. The second-order valence-electron chi connectivity index (χ2n) is 5.09. The molecule has 0 radical (unpaired) electrons. The van der Waals surface area contributed by atoms with Crippen molar-refractivity contribution in [1.82, 2.24) is 0 Å². The van der Waals surface area contributed by atoms with Gasteiger partial charge in [-0.25, -0.2) is 4.39 Å². The molecule has 0 saturated heterocycles. The molecule has 2 aromatic rings. The lowest BCUT2D eigenvalue weighted by Gasteiger charge is -2.33. The Bertz CT molecular complexity index is 796. The van der Waals surface area contributed by atoms with Gasteiger partial charge in [-0.3, -0.25) is 9.69 Å². The highest BCUT2D eigenvalue weighted by molar-refractivity contribution is 9.10. The smallest absolute Gasteiger partial charge is 0.482 e. The van der Waals surface area contributed by atoms with Crippen molar-refractivity contribution in [1.29, 1.82) is 0 Å². The summed E-state index contributed by atoms with van der Waals surface area (Å²) in [4.78, 5) is 12.9. The summed E-state index contributed by atoms with van der Waals surface area (Å²) in [5.74, 6) is -2.07. The van der Waals surface area contributed by atoms with E-state index in [1.165, 1.54) is 13.2 Å². The number of nitrogens with zero attached hydrogens (tertiary/aromatic N) is 1. The van der Waals surface area contributed by atoms with E-state index in [2.05, 4.69) is 20.7 Å². The maximum atomic E-state index is 13.8. The Morgan fingerprint density at radius 2 is 1.92 bits per heavy atom. The highest BCUT2D eigenvalue weighted by Crippen LogP contribution is 2.42. The van der Waals surface area contributed by atoms with Gasteiger partial charge in [-0.05, 0) is 39.7 Å². The molecule has 2 aromatic carbocycles. The summed E-state index contributed by atoms with van der Waals surface area (Å²) in [5, 5.41) is 0. The fourth-order valence-corrected chi connectivity index (χ4v) is 2.66. The lowest BCUT2D eigenvalue weighted by Crippen LogP contribution is -2.50. The molecule has 3 rings (SSSR count). The van der Waals surface area contributed by atoms with E-state index in [0.29, 0.717) is 11.3 Å². The molecule has 0 aromatic heterocycles. The van der Waals surface area contributed by atoms with Crippen molar-refractivity contribution in [2.75, 3.05) is 12.0 Å². The van der Waals surface area contributed by atoms with Gasteiger partial charge < -0.3 is 9.47 Å². The van der Waals surface area contributed by atoms with E-state index in [-0.39, 0.29) is 16.7 Å².